The van der Waals surface area contributed by atoms with E-state index in [1.807, 2.05) is 18.2 Å². The first kappa shape index (κ1) is 17.5. The molecule has 2 rings (SSSR count). The predicted molar refractivity (Wildman–Crippen MR) is 90.2 cm³/mol. The molecule has 0 fully saturated rings. The number of carbonyl (C=O) groups is 1. The summed E-state index contributed by atoms with van der Waals surface area (Å²) in [5, 5.41) is 12.6. The Balaban J connectivity index is 2.01. The third kappa shape index (κ3) is 3.90. The maximum Gasteiger partial charge on any atom is 0.258 e. The number of hydrogen-bond acceptors (Lipinski definition) is 5. The predicted octanol–water partition coefficient (Wildman–Crippen LogP) is 2.39. The van der Waals surface area contributed by atoms with E-state index in [9.17, 15) is 9.90 Å². The van der Waals surface area contributed by atoms with Gasteiger partial charge in [-0.15, -0.1) is 0 Å². The van der Waals surface area contributed by atoms with E-state index in [0.29, 0.717) is 30.2 Å². The number of amides is 1. The molecule has 6 heteroatoms. The summed E-state index contributed by atoms with van der Waals surface area (Å²) in [6.07, 6.45) is 0.613. The Labute approximate surface area is 141 Å². The van der Waals surface area contributed by atoms with Gasteiger partial charge in [0.25, 0.3) is 5.91 Å². The van der Waals surface area contributed by atoms with Crippen molar-refractivity contribution in [3.8, 4) is 23.0 Å². The second-order valence-corrected chi connectivity index (χ2v) is 5.05. The van der Waals surface area contributed by atoms with Crippen molar-refractivity contribution >= 4 is 5.91 Å². The van der Waals surface area contributed by atoms with Gasteiger partial charge in [-0.3, -0.25) is 4.79 Å². The minimum atomic E-state index is -0.384. The monoisotopic (exact) mass is 331 g/mol. The third-order valence-electron chi connectivity index (χ3n) is 3.60. The number of hydrogen-bond donors (Lipinski definition) is 2. The average Bonchev–Trinajstić information content (AvgIpc) is 2.60. The Morgan fingerprint density at radius 1 is 1.00 bits per heavy atom. The van der Waals surface area contributed by atoms with E-state index in [1.165, 1.54) is 13.2 Å². The summed E-state index contributed by atoms with van der Waals surface area (Å²) in [5.41, 5.74) is 1.13. The van der Waals surface area contributed by atoms with Gasteiger partial charge in [0.1, 0.15) is 17.1 Å². The molecule has 0 atom stereocenters. The molecular formula is C18H21NO5. The van der Waals surface area contributed by atoms with Gasteiger partial charge < -0.3 is 24.6 Å². The molecular weight excluding hydrogens is 310 g/mol. The van der Waals surface area contributed by atoms with Crippen LogP contribution >= 0.6 is 0 Å². The van der Waals surface area contributed by atoms with Gasteiger partial charge in [-0.2, -0.15) is 0 Å². The molecule has 1 amide bonds. The van der Waals surface area contributed by atoms with Crippen LogP contribution in [0.2, 0.25) is 0 Å². The van der Waals surface area contributed by atoms with Gasteiger partial charge in [-0.05, 0) is 36.2 Å². The molecule has 128 valence electrons. The lowest BCUT2D eigenvalue weighted by Crippen LogP contribution is -2.26. The van der Waals surface area contributed by atoms with E-state index in [-0.39, 0.29) is 17.2 Å². The first-order chi connectivity index (χ1) is 11.6. The van der Waals surface area contributed by atoms with Crippen molar-refractivity contribution in [1.29, 1.82) is 0 Å². The number of benzene rings is 2. The van der Waals surface area contributed by atoms with Crippen molar-refractivity contribution in [2.45, 2.75) is 6.42 Å². The maximum atomic E-state index is 12.3. The summed E-state index contributed by atoms with van der Waals surface area (Å²) in [4.78, 5) is 12.3. The highest BCUT2D eigenvalue weighted by molar-refractivity contribution is 5.99. The summed E-state index contributed by atoms with van der Waals surface area (Å²) >= 11 is 0. The van der Waals surface area contributed by atoms with Gasteiger partial charge in [0.2, 0.25) is 0 Å². The fourth-order valence-electron chi connectivity index (χ4n) is 2.36. The fourth-order valence-corrected chi connectivity index (χ4v) is 2.36. The van der Waals surface area contributed by atoms with E-state index in [0.717, 1.165) is 5.56 Å². The van der Waals surface area contributed by atoms with Crippen LogP contribution in [-0.4, -0.2) is 38.9 Å². The fraction of sp³-hybridized carbons (Fsp3) is 0.278. The van der Waals surface area contributed by atoms with Crippen molar-refractivity contribution in [3.63, 3.8) is 0 Å². The normalized spacial score (nSPS) is 10.1. The number of phenols is 1. The molecule has 0 aliphatic carbocycles. The Morgan fingerprint density at radius 3 is 2.38 bits per heavy atom. The Morgan fingerprint density at radius 2 is 1.71 bits per heavy atom. The summed E-state index contributed by atoms with van der Waals surface area (Å²) < 4.78 is 15.6. The van der Waals surface area contributed by atoms with Crippen molar-refractivity contribution in [2.75, 3.05) is 27.9 Å². The Hall–Kier alpha value is -2.89. The lowest BCUT2D eigenvalue weighted by molar-refractivity contribution is 0.0948. The van der Waals surface area contributed by atoms with Crippen LogP contribution in [0, 0.1) is 0 Å². The second kappa shape index (κ2) is 8.10. The molecule has 0 aliphatic rings. The first-order valence-corrected chi connectivity index (χ1v) is 7.45. The summed E-state index contributed by atoms with van der Waals surface area (Å²) in [7, 11) is 4.61. The summed E-state index contributed by atoms with van der Waals surface area (Å²) in [6.45, 7) is 0.409. The minimum Gasteiger partial charge on any atom is -0.507 e. The first-order valence-electron chi connectivity index (χ1n) is 7.45. The molecule has 2 aromatic rings. The van der Waals surface area contributed by atoms with Crippen molar-refractivity contribution in [1.82, 2.24) is 5.32 Å². The van der Waals surface area contributed by atoms with Crippen LogP contribution in [-0.2, 0) is 6.42 Å². The highest BCUT2D eigenvalue weighted by Crippen LogP contribution is 2.28. The second-order valence-electron chi connectivity index (χ2n) is 5.05. The topological polar surface area (TPSA) is 77.0 Å². The molecule has 0 bridgehead atoms. The van der Waals surface area contributed by atoms with E-state index < -0.39 is 0 Å². The van der Waals surface area contributed by atoms with E-state index in [4.69, 9.17) is 14.2 Å². The number of ether oxygens (including phenoxy) is 3. The molecule has 2 aromatic carbocycles. The van der Waals surface area contributed by atoms with Gasteiger partial charge in [0.15, 0.2) is 11.5 Å². The largest absolute Gasteiger partial charge is 0.507 e. The highest BCUT2D eigenvalue weighted by Gasteiger charge is 2.16. The summed E-state index contributed by atoms with van der Waals surface area (Å²) in [5.74, 6) is 1.13. The number of phenolic OH excluding ortho intramolecular Hbond substituents is 1. The smallest absolute Gasteiger partial charge is 0.258 e. The Bertz CT molecular complexity index is 715. The van der Waals surface area contributed by atoms with E-state index in [2.05, 4.69) is 5.32 Å². The van der Waals surface area contributed by atoms with Crippen molar-refractivity contribution < 1.29 is 24.1 Å². The molecule has 0 aliphatic heterocycles. The number of methoxy groups -OCH3 is 3. The molecule has 0 saturated carbocycles. The average molecular weight is 331 g/mol. The maximum absolute atomic E-state index is 12.3. The van der Waals surface area contributed by atoms with Gasteiger partial charge >= 0.3 is 0 Å². The Kier molecular flexibility index (Phi) is 5.89. The number of carbonyl (C=O) groups excluding carboxylic acids is 1. The van der Waals surface area contributed by atoms with Gasteiger partial charge in [-0.25, -0.2) is 0 Å². The molecule has 2 N–H and O–H groups in total. The van der Waals surface area contributed by atoms with Crippen molar-refractivity contribution in [2.24, 2.45) is 0 Å². The molecule has 0 unspecified atom stereocenters. The molecule has 0 aromatic heterocycles. The zero-order valence-corrected chi connectivity index (χ0v) is 14.0. The number of aromatic hydroxyl groups is 1. The van der Waals surface area contributed by atoms with Crippen LogP contribution in [0.1, 0.15) is 15.9 Å². The van der Waals surface area contributed by atoms with Crippen LogP contribution in [0.15, 0.2) is 36.4 Å². The van der Waals surface area contributed by atoms with Crippen LogP contribution in [0.4, 0.5) is 0 Å². The lowest BCUT2D eigenvalue weighted by atomic mass is 10.1. The molecule has 6 nitrogen and oxygen atoms in total. The van der Waals surface area contributed by atoms with Crippen LogP contribution in [0.5, 0.6) is 23.0 Å². The highest BCUT2D eigenvalue weighted by atomic mass is 16.5. The molecule has 0 spiro atoms. The van der Waals surface area contributed by atoms with Gasteiger partial charge in [-0.1, -0.05) is 12.1 Å². The van der Waals surface area contributed by atoms with E-state index in [1.54, 1.807) is 26.4 Å². The summed E-state index contributed by atoms with van der Waals surface area (Å²) in [6, 6.07) is 10.3. The molecule has 0 saturated heterocycles. The van der Waals surface area contributed by atoms with Gasteiger partial charge in [0, 0.05) is 6.54 Å². The van der Waals surface area contributed by atoms with Crippen LogP contribution in [0.3, 0.4) is 0 Å². The lowest BCUT2D eigenvalue weighted by Gasteiger charge is -2.12. The molecule has 0 heterocycles. The van der Waals surface area contributed by atoms with Crippen LogP contribution < -0.4 is 19.5 Å². The minimum absolute atomic E-state index is 0.113. The number of nitrogens with one attached hydrogen (secondary N) is 1. The molecule has 24 heavy (non-hydrogen) atoms. The standard InChI is InChI=1S/C18H21NO5/c1-22-14-8-7-12(11-16(14)24-3)9-10-19-18(21)17-13(20)5-4-6-15(17)23-2/h4-8,11,20H,9-10H2,1-3H3,(H,19,21). The SMILES string of the molecule is COc1ccc(CCNC(=O)c2c(O)cccc2OC)cc1OC. The third-order valence-corrected chi connectivity index (χ3v) is 3.60. The van der Waals surface area contributed by atoms with Crippen LogP contribution in [0.25, 0.3) is 0 Å². The van der Waals surface area contributed by atoms with Crippen molar-refractivity contribution in [3.05, 3.63) is 47.5 Å². The zero-order valence-electron chi connectivity index (χ0n) is 14.0. The number of rotatable bonds is 7. The van der Waals surface area contributed by atoms with E-state index >= 15 is 0 Å². The van der Waals surface area contributed by atoms with Gasteiger partial charge in [0.05, 0.1) is 21.3 Å². The quantitative estimate of drug-likeness (QED) is 0.815. The zero-order chi connectivity index (χ0) is 17.5. The molecule has 0 radical (unpaired) electrons.